The highest BCUT2D eigenvalue weighted by molar-refractivity contribution is 6.36. The van der Waals surface area contributed by atoms with Crippen molar-refractivity contribution in [2.24, 2.45) is 0 Å². The number of benzene rings is 1. The molecular formula is C9H6Cl2O2. The highest BCUT2D eigenvalue weighted by Crippen LogP contribution is 2.21. The van der Waals surface area contributed by atoms with Gasteiger partial charge in [0, 0.05) is 16.7 Å². The molecule has 0 fully saturated rings. The second-order valence-corrected chi connectivity index (χ2v) is 3.15. The van der Waals surface area contributed by atoms with E-state index in [9.17, 15) is 4.79 Å². The summed E-state index contributed by atoms with van der Waals surface area (Å²) < 4.78 is 0. The highest BCUT2D eigenvalue weighted by Gasteiger charge is 2.07. The summed E-state index contributed by atoms with van der Waals surface area (Å²) in [7, 11) is 0. The molecule has 2 nitrogen and oxygen atoms in total. The molecular weight excluding hydrogens is 211 g/mol. The van der Waals surface area contributed by atoms with Crippen LogP contribution in [0.4, 0.5) is 0 Å². The maximum Gasteiger partial charge on any atom is 0.190 e. The van der Waals surface area contributed by atoms with Gasteiger partial charge in [-0.05, 0) is 18.2 Å². The Morgan fingerprint density at radius 1 is 1.38 bits per heavy atom. The molecule has 68 valence electrons. The zero-order valence-electron chi connectivity index (χ0n) is 6.50. The predicted molar refractivity (Wildman–Crippen MR) is 52.6 cm³/mol. The third kappa shape index (κ3) is 2.47. The number of rotatable bonds is 2. The number of carbonyl (C=O) groups excluding carboxylic acids is 1. The van der Waals surface area contributed by atoms with Crippen molar-refractivity contribution >= 4 is 29.0 Å². The zero-order chi connectivity index (χ0) is 9.84. The minimum Gasteiger partial charge on any atom is -0.515 e. The van der Waals surface area contributed by atoms with Gasteiger partial charge in [0.15, 0.2) is 5.78 Å². The van der Waals surface area contributed by atoms with Crippen molar-refractivity contribution in [2.45, 2.75) is 0 Å². The number of ketones is 1. The van der Waals surface area contributed by atoms with Crippen molar-refractivity contribution in [3.05, 3.63) is 46.1 Å². The smallest absolute Gasteiger partial charge is 0.190 e. The summed E-state index contributed by atoms with van der Waals surface area (Å²) in [5.74, 6) is -0.380. The summed E-state index contributed by atoms with van der Waals surface area (Å²) in [5.41, 5.74) is 0.277. The van der Waals surface area contributed by atoms with E-state index in [0.29, 0.717) is 16.3 Å². The lowest BCUT2D eigenvalue weighted by molar-refractivity contribution is 0.104. The Kier molecular flexibility index (Phi) is 3.34. The van der Waals surface area contributed by atoms with Crippen molar-refractivity contribution in [2.75, 3.05) is 0 Å². The van der Waals surface area contributed by atoms with E-state index in [1.165, 1.54) is 12.1 Å². The molecule has 13 heavy (non-hydrogen) atoms. The molecule has 0 unspecified atom stereocenters. The van der Waals surface area contributed by atoms with E-state index < -0.39 is 0 Å². The van der Waals surface area contributed by atoms with E-state index in [2.05, 4.69) is 0 Å². The summed E-state index contributed by atoms with van der Waals surface area (Å²) in [4.78, 5) is 11.2. The maximum absolute atomic E-state index is 11.2. The first-order chi connectivity index (χ1) is 6.15. The van der Waals surface area contributed by atoms with Crippen LogP contribution in [-0.2, 0) is 0 Å². The number of aliphatic hydroxyl groups is 1. The van der Waals surface area contributed by atoms with E-state index in [1.54, 1.807) is 6.07 Å². The van der Waals surface area contributed by atoms with Crippen LogP contribution in [0.1, 0.15) is 10.4 Å². The Hall–Kier alpha value is -0.990. The minimum absolute atomic E-state index is 0.277. The third-order valence-electron chi connectivity index (χ3n) is 1.42. The first-order valence-corrected chi connectivity index (χ1v) is 4.21. The van der Waals surface area contributed by atoms with Crippen LogP contribution in [0.15, 0.2) is 30.5 Å². The zero-order valence-corrected chi connectivity index (χ0v) is 8.01. The molecule has 0 aliphatic rings. The van der Waals surface area contributed by atoms with Gasteiger partial charge in [0.2, 0.25) is 0 Å². The Labute approximate surface area is 85.4 Å². The van der Waals surface area contributed by atoms with Gasteiger partial charge in [0.05, 0.1) is 11.3 Å². The summed E-state index contributed by atoms with van der Waals surface area (Å²) in [5, 5.41) is 9.12. The van der Waals surface area contributed by atoms with Crippen LogP contribution in [-0.4, -0.2) is 10.9 Å². The lowest BCUT2D eigenvalue weighted by Crippen LogP contribution is -1.95. The van der Waals surface area contributed by atoms with Crippen molar-refractivity contribution in [1.29, 1.82) is 0 Å². The highest BCUT2D eigenvalue weighted by atomic mass is 35.5. The fraction of sp³-hybridized carbons (Fsp3) is 0. The second kappa shape index (κ2) is 4.30. The standard InChI is InChI=1S/C9H6Cl2O2/c10-6-1-2-8(11)7(5-6)9(13)3-4-12/h1-5,12H/b4-3+. The molecule has 0 spiro atoms. The largest absolute Gasteiger partial charge is 0.515 e. The monoisotopic (exact) mass is 216 g/mol. The van der Waals surface area contributed by atoms with E-state index >= 15 is 0 Å². The van der Waals surface area contributed by atoms with Crippen molar-refractivity contribution in [1.82, 2.24) is 0 Å². The third-order valence-corrected chi connectivity index (χ3v) is 1.98. The van der Waals surface area contributed by atoms with Crippen molar-refractivity contribution < 1.29 is 9.90 Å². The molecule has 1 aromatic carbocycles. The molecule has 4 heteroatoms. The topological polar surface area (TPSA) is 37.3 Å². The van der Waals surface area contributed by atoms with E-state index in [0.717, 1.165) is 6.08 Å². The summed E-state index contributed by atoms with van der Waals surface area (Å²) >= 11 is 11.4. The van der Waals surface area contributed by atoms with Crippen LogP contribution in [0.3, 0.4) is 0 Å². The lowest BCUT2D eigenvalue weighted by atomic mass is 10.1. The normalized spacial score (nSPS) is 10.6. The van der Waals surface area contributed by atoms with Crippen LogP contribution in [0.25, 0.3) is 0 Å². The molecule has 0 amide bonds. The lowest BCUT2D eigenvalue weighted by Gasteiger charge is -1.99. The van der Waals surface area contributed by atoms with Crippen LogP contribution in [0, 0.1) is 0 Å². The SMILES string of the molecule is O=C(/C=C/O)c1cc(Cl)ccc1Cl. The van der Waals surface area contributed by atoms with Crippen LogP contribution < -0.4 is 0 Å². The summed E-state index contributed by atoms with van der Waals surface area (Å²) in [6, 6.07) is 4.57. The Balaban J connectivity index is 3.13. The predicted octanol–water partition coefficient (Wildman–Crippen LogP) is 3.25. The second-order valence-electron chi connectivity index (χ2n) is 2.30. The fourth-order valence-electron chi connectivity index (χ4n) is 0.844. The van der Waals surface area contributed by atoms with Crippen molar-refractivity contribution in [3.63, 3.8) is 0 Å². The number of aliphatic hydroxyl groups excluding tert-OH is 1. The van der Waals surface area contributed by atoms with Gasteiger partial charge < -0.3 is 5.11 Å². The molecule has 0 radical (unpaired) electrons. The first kappa shape index (κ1) is 10.1. The number of hydrogen-bond donors (Lipinski definition) is 1. The Bertz CT molecular complexity index is 359. The first-order valence-electron chi connectivity index (χ1n) is 3.45. The molecule has 1 aromatic rings. The summed E-state index contributed by atoms with van der Waals surface area (Å²) in [6.45, 7) is 0. The molecule has 0 aliphatic heterocycles. The van der Waals surface area contributed by atoms with Gasteiger partial charge in [-0.3, -0.25) is 4.79 Å². The van der Waals surface area contributed by atoms with Gasteiger partial charge in [-0.2, -0.15) is 0 Å². The fourth-order valence-corrected chi connectivity index (χ4v) is 1.23. The Morgan fingerprint density at radius 2 is 2.08 bits per heavy atom. The number of allylic oxidation sites excluding steroid dienone is 1. The number of hydrogen-bond acceptors (Lipinski definition) is 2. The molecule has 0 aliphatic carbocycles. The van der Waals surface area contributed by atoms with Gasteiger partial charge in [0.25, 0.3) is 0 Å². The molecule has 0 aromatic heterocycles. The van der Waals surface area contributed by atoms with Crippen LogP contribution in [0.5, 0.6) is 0 Å². The molecule has 1 rings (SSSR count). The average Bonchev–Trinajstić information content (AvgIpc) is 2.09. The molecule has 0 saturated carbocycles. The molecule has 0 saturated heterocycles. The van der Waals surface area contributed by atoms with Crippen LogP contribution >= 0.6 is 23.2 Å². The maximum atomic E-state index is 11.2. The van der Waals surface area contributed by atoms with E-state index in [4.69, 9.17) is 28.3 Å². The summed E-state index contributed by atoms with van der Waals surface area (Å²) in [6.07, 6.45) is 1.68. The number of halogens is 2. The van der Waals surface area contributed by atoms with E-state index in [-0.39, 0.29) is 11.3 Å². The van der Waals surface area contributed by atoms with E-state index in [1.807, 2.05) is 0 Å². The molecule has 0 bridgehead atoms. The van der Waals surface area contributed by atoms with Crippen molar-refractivity contribution in [3.8, 4) is 0 Å². The van der Waals surface area contributed by atoms with Gasteiger partial charge >= 0.3 is 0 Å². The van der Waals surface area contributed by atoms with Gasteiger partial charge in [0.1, 0.15) is 0 Å². The van der Waals surface area contributed by atoms with Gasteiger partial charge in [-0.1, -0.05) is 23.2 Å². The quantitative estimate of drug-likeness (QED) is 0.469. The molecule has 1 N–H and O–H groups in total. The molecule has 0 atom stereocenters. The average molecular weight is 217 g/mol. The Morgan fingerprint density at radius 3 is 2.69 bits per heavy atom. The van der Waals surface area contributed by atoms with Crippen LogP contribution in [0.2, 0.25) is 10.0 Å². The van der Waals surface area contributed by atoms with Gasteiger partial charge in [-0.15, -0.1) is 0 Å². The van der Waals surface area contributed by atoms with Gasteiger partial charge in [-0.25, -0.2) is 0 Å². The molecule has 0 heterocycles. The number of carbonyl (C=O) groups is 1. The minimum atomic E-state index is -0.380.